The number of nitrogens with zero attached hydrogens (tertiary/aromatic N) is 4. The number of fused-ring (bicyclic) bond motifs is 5. The van der Waals surface area contributed by atoms with Crippen molar-refractivity contribution in [3.05, 3.63) is 218 Å². The topological polar surface area (TPSA) is 51.6 Å². The van der Waals surface area contributed by atoms with Crippen LogP contribution in [0.3, 0.4) is 0 Å². The predicted molar refractivity (Wildman–Crippen MR) is 264 cm³/mol. The Morgan fingerprint density at radius 3 is 1.25 bits per heavy atom. The summed E-state index contributed by atoms with van der Waals surface area (Å²) < 4.78 is 2.32. The van der Waals surface area contributed by atoms with Crippen molar-refractivity contribution in [2.45, 2.75) is 0 Å². The summed E-state index contributed by atoms with van der Waals surface area (Å²) in [5.41, 5.74) is 13.5. The van der Waals surface area contributed by atoms with Crippen LogP contribution in [0, 0.1) is 0 Å². The molecule has 63 heavy (non-hydrogen) atoms. The lowest BCUT2D eigenvalue weighted by Crippen LogP contribution is -1.96. The van der Waals surface area contributed by atoms with Crippen LogP contribution >= 0.6 is 11.3 Å². The Morgan fingerprint density at radius 1 is 0.286 bits per heavy atom. The van der Waals surface area contributed by atoms with E-state index in [4.69, 9.17) is 19.9 Å². The number of aromatic nitrogens is 4. The molecule has 9 aromatic carbocycles. The van der Waals surface area contributed by atoms with E-state index in [1.165, 1.54) is 27.0 Å². The zero-order chi connectivity index (χ0) is 41.7. The molecule has 0 fully saturated rings. The third-order valence-electron chi connectivity index (χ3n) is 11.9. The molecule has 0 saturated carbocycles. The molecule has 12 aromatic rings. The first kappa shape index (κ1) is 36.7. The molecule has 0 aliphatic rings. The van der Waals surface area contributed by atoms with Gasteiger partial charge in [-0.3, -0.25) is 0 Å². The smallest absolute Gasteiger partial charge is 0.160 e. The highest BCUT2D eigenvalue weighted by Gasteiger charge is 2.17. The minimum atomic E-state index is 0.682. The molecule has 0 aliphatic heterocycles. The Balaban J connectivity index is 0.937. The lowest BCUT2D eigenvalue weighted by atomic mass is 9.99. The van der Waals surface area contributed by atoms with E-state index >= 15 is 0 Å². The molecule has 0 unspecified atom stereocenters. The van der Waals surface area contributed by atoms with Crippen LogP contribution < -0.4 is 0 Å². The maximum absolute atomic E-state index is 5.23. The van der Waals surface area contributed by atoms with Gasteiger partial charge in [0.05, 0.1) is 27.3 Å². The molecule has 3 aromatic heterocycles. The van der Waals surface area contributed by atoms with Crippen LogP contribution in [-0.2, 0) is 0 Å². The molecule has 0 amide bonds. The van der Waals surface area contributed by atoms with Gasteiger partial charge in [-0.25, -0.2) is 19.9 Å². The Kier molecular flexibility index (Phi) is 8.98. The summed E-state index contributed by atoms with van der Waals surface area (Å²) in [6.07, 6.45) is 0. The summed E-state index contributed by atoms with van der Waals surface area (Å²) in [4.78, 5) is 20.9. The lowest BCUT2D eigenvalue weighted by Gasteiger charge is -2.12. The van der Waals surface area contributed by atoms with Crippen molar-refractivity contribution in [2.75, 3.05) is 0 Å². The average Bonchev–Trinajstić information content (AvgIpc) is 3.74. The van der Waals surface area contributed by atoms with Crippen LogP contribution in [-0.4, -0.2) is 19.9 Å². The van der Waals surface area contributed by atoms with Gasteiger partial charge in [-0.05, 0) is 80.2 Å². The fourth-order valence-electron chi connectivity index (χ4n) is 8.59. The normalized spacial score (nSPS) is 11.5. The minimum Gasteiger partial charge on any atom is -0.228 e. The Bertz CT molecular complexity index is 3540. The van der Waals surface area contributed by atoms with Gasteiger partial charge in [0.2, 0.25) is 0 Å². The molecule has 0 atom stereocenters. The first-order chi connectivity index (χ1) is 31.2. The number of thiophene rings is 1. The summed E-state index contributed by atoms with van der Waals surface area (Å²) in [6.45, 7) is 0. The molecular weight excluding hydrogens is 785 g/mol. The molecule has 0 saturated heterocycles. The summed E-state index contributed by atoms with van der Waals surface area (Å²) >= 11 is 1.75. The van der Waals surface area contributed by atoms with Crippen LogP contribution in [0.25, 0.3) is 121 Å². The van der Waals surface area contributed by atoms with Crippen LogP contribution in [0.4, 0.5) is 0 Å². The van der Waals surface area contributed by atoms with Gasteiger partial charge in [0.25, 0.3) is 0 Å². The Hall–Kier alpha value is -8.12. The molecule has 0 N–H and O–H groups in total. The largest absolute Gasteiger partial charge is 0.228 e. The van der Waals surface area contributed by atoms with Gasteiger partial charge in [-0.2, -0.15) is 0 Å². The molecule has 3 heterocycles. The third kappa shape index (κ3) is 6.91. The molecule has 12 rings (SSSR count). The molecule has 294 valence electrons. The minimum absolute atomic E-state index is 0.682. The number of hydrogen-bond donors (Lipinski definition) is 0. The van der Waals surface area contributed by atoms with E-state index in [0.29, 0.717) is 5.82 Å². The van der Waals surface area contributed by atoms with E-state index in [0.717, 1.165) is 87.9 Å². The highest BCUT2D eigenvalue weighted by Crippen LogP contribution is 2.40. The summed E-state index contributed by atoms with van der Waals surface area (Å²) in [6, 6.07) is 76.9. The van der Waals surface area contributed by atoms with Gasteiger partial charge in [0.1, 0.15) is 0 Å². The van der Waals surface area contributed by atoms with Gasteiger partial charge in [0, 0.05) is 37.9 Å². The molecule has 0 radical (unpaired) electrons. The van der Waals surface area contributed by atoms with Crippen LogP contribution in [0.15, 0.2) is 218 Å². The van der Waals surface area contributed by atoms with Gasteiger partial charge >= 0.3 is 0 Å². The van der Waals surface area contributed by atoms with Crippen molar-refractivity contribution >= 4 is 53.2 Å². The maximum atomic E-state index is 5.23. The van der Waals surface area contributed by atoms with E-state index in [2.05, 4.69) is 200 Å². The average molecular weight is 821 g/mol. The second kappa shape index (κ2) is 15.4. The first-order valence-electron chi connectivity index (χ1n) is 21.1. The highest BCUT2D eigenvalue weighted by molar-refractivity contribution is 7.26. The molecule has 5 heteroatoms. The SMILES string of the molecule is c1ccc(-c2ccc(-c3cc(-c4ccc(-c5ccccc5)cc4)nc(-c4ccc5cc6cc(-c7nc(-c8ccccc8)c8sc9ccccc9c8n7)ccc6cc5c4)n3)cc2)cc1. The van der Waals surface area contributed by atoms with Crippen molar-refractivity contribution < 1.29 is 0 Å². The van der Waals surface area contributed by atoms with Crippen LogP contribution in [0.5, 0.6) is 0 Å². The monoisotopic (exact) mass is 820 g/mol. The fourth-order valence-corrected chi connectivity index (χ4v) is 9.74. The summed E-state index contributed by atoms with van der Waals surface area (Å²) in [5.74, 6) is 1.40. The second-order valence-electron chi connectivity index (χ2n) is 15.9. The number of rotatable bonds is 7. The van der Waals surface area contributed by atoms with Crippen molar-refractivity contribution in [3.63, 3.8) is 0 Å². The lowest BCUT2D eigenvalue weighted by molar-refractivity contribution is 1.18. The first-order valence-corrected chi connectivity index (χ1v) is 21.9. The predicted octanol–water partition coefficient (Wildman–Crippen LogP) is 15.6. The van der Waals surface area contributed by atoms with Crippen molar-refractivity contribution in [2.24, 2.45) is 0 Å². The van der Waals surface area contributed by atoms with E-state index in [1.807, 2.05) is 18.2 Å². The zero-order valence-corrected chi connectivity index (χ0v) is 34.8. The van der Waals surface area contributed by atoms with E-state index in [9.17, 15) is 0 Å². The third-order valence-corrected chi connectivity index (χ3v) is 13.0. The van der Waals surface area contributed by atoms with Gasteiger partial charge in [-0.1, -0.05) is 182 Å². The van der Waals surface area contributed by atoms with Crippen LogP contribution in [0.1, 0.15) is 0 Å². The second-order valence-corrected chi connectivity index (χ2v) is 16.9. The molecule has 4 nitrogen and oxygen atoms in total. The quantitative estimate of drug-likeness (QED) is 0.150. The van der Waals surface area contributed by atoms with Crippen molar-refractivity contribution in [1.82, 2.24) is 19.9 Å². The van der Waals surface area contributed by atoms with Crippen molar-refractivity contribution in [3.8, 4) is 78.8 Å². The van der Waals surface area contributed by atoms with Crippen molar-refractivity contribution in [1.29, 1.82) is 0 Å². The fraction of sp³-hybridized carbons (Fsp3) is 0. The van der Waals surface area contributed by atoms with E-state index < -0.39 is 0 Å². The molecular formula is C58H36N4S. The van der Waals surface area contributed by atoms with Gasteiger partial charge < -0.3 is 0 Å². The molecule has 0 aliphatic carbocycles. The summed E-state index contributed by atoms with van der Waals surface area (Å²) in [7, 11) is 0. The Labute approximate surface area is 368 Å². The van der Waals surface area contributed by atoms with Gasteiger partial charge in [-0.15, -0.1) is 11.3 Å². The summed E-state index contributed by atoms with van der Waals surface area (Å²) in [5, 5.41) is 5.69. The van der Waals surface area contributed by atoms with E-state index in [-0.39, 0.29) is 0 Å². The number of benzene rings is 9. The number of hydrogen-bond acceptors (Lipinski definition) is 5. The van der Waals surface area contributed by atoms with Gasteiger partial charge in [0.15, 0.2) is 11.6 Å². The van der Waals surface area contributed by atoms with E-state index in [1.54, 1.807) is 11.3 Å². The van der Waals surface area contributed by atoms with Crippen LogP contribution in [0.2, 0.25) is 0 Å². The molecule has 0 spiro atoms. The zero-order valence-electron chi connectivity index (χ0n) is 34.0. The highest BCUT2D eigenvalue weighted by atomic mass is 32.1. The molecule has 0 bridgehead atoms. The maximum Gasteiger partial charge on any atom is 0.160 e. The standard InChI is InChI=1S/C58H36N4S/c1-4-12-37(13-5-1)39-20-24-41(25-21-39)51-36-52(42-26-22-40(23-27-42)38-14-6-2-7-15-38)60-57(59-51)46-30-28-44-33-49-35-47(31-29-45(49)32-48(44)34-46)58-61-54(43-16-8-3-9-17-43)56-55(62-58)50-18-10-11-19-53(50)63-56/h1-36H. The Morgan fingerprint density at radius 2 is 0.714 bits per heavy atom.